The second-order valence-corrected chi connectivity index (χ2v) is 17.3. The smallest absolute Gasteiger partial charge is 0.172 e. The summed E-state index contributed by atoms with van der Waals surface area (Å²) in [4.78, 5) is 4.59. The lowest BCUT2D eigenvalue weighted by Gasteiger charge is -2.25. The lowest BCUT2D eigenvalue weighted by molar-refractivity contribution is -0.697. The molecule has 0 aliphatic rings. The lowest BCUT2D eigenvalue weighted by Crippen LogP contribution is -2.33. The fourth-order valence-corrected chi connectivity index (χ4v) is 8.69. The Morgan fingerprint density at radius 1 is 0.318 bits per heavy atom. The number of unbranched alkanes of at least 4 members (excludes halogenated alkanes) is 7. The maximum absolute atomic E-state index is 2.36. The van der Waals surface area contributed by atoms with Crippen molar-refractivity contribution in [2.45, 2.75) is 78.3 Å². The number of pyridine rings is 2. The van der Waals surface area contributed by atoms with Crippen LogP contribution in [-0.4, -0.2) is 0 Å². The predicted molar refractivity (Wildman–Crippen MR) is 280 cm³/mol. The third kappa shape index (κ3) is 12.7. The largest absolute Gasteiger partial charge is 0.311 e. The highest BCUT2D eigenvalue weighted by Crippen LogP contribution is 2.36. The summed E-state index contributed by atoms with van der Waals surface area (Å²) >= 11 is 0. The Kier molecular flexibility index (Phi) is 16.2. The summed E-state index contributed by atoms with van der Waals surface area (Å²) in [6.07, 6.45) is 28.3. The molecule has 330 valence electrons. The highest BCUT2D eigenvalue weighted by Gasteiger charge is 2.13. The van der Waals surface area contributed by atoms with E-state index < -0.39 is 0 Å². The molecule has 66 heavy (non-hydrogen) atoms. The van der Waals surface area contributed by atoms with Gasteiger partial charge in [0.05, 0.1) is 0 Å². The normalized spacial score (nSPS) is 11.4. The summed E-state index contributed by atoms with van der Waals surface area (Å²) in [5.74, 6) is 0. The van der Waals surface area contributed by atoms with Gasteiger partial charge in [-0.1, -0.05) is 147 Å². The van der Waals surface area contributed by atoms with E-state index in [4.69, 9.17) is 0 Å². The number of benzene rings is 6. The quantitative estimate of drug-likeness (QED) is 0.0528. The Labute approximate surface area is 394 Å². The topological polar surface area (TPSA) is 14.2 Å². The number of rotatable bonds is 21. The van der Waals surface area contributed by atoms with Crippen molar-refractivity contribution >= 4 is 58.4 Å². The second kappa shape index (κ2) is 23.6. The fourth-order valence-electron chi connectivity index (χ4n) is 8.69. The van der Waals surface area contributed by atoms with E-state index in [0.29, 0.717) is 0 Å². The van der Waals surface area contributed by atoms with Gasteiger partial charge in [0.25, 0.3) is 0 Å². The fraction of sp³-hybridized carbons (Fsp3) is 0.194. The van der Waals surface area contributed by atoms with E-state index in [2.05, 4.69) is 264 Å². The van der Waals surface area contributed by atoms with Crippen LogP contribution in [0.3, 0.4) is 0 Å². The minimum Gasteiger partial charge on any atom is -0.311 e. The number of anilines is 6. The Hall–Kier alpha value is -7.30. The van der Waals surface area contributed by atoms with E-state index in [-0.39, 0.29) is 0 Å². The van der Waals surface area contributed by atoms with E-state index >= 15 is 0 Å². The molecule has 8 rings (SSSR count). The SMILES string of the molecule is Cc1c[n+](CCCCCCCCCC[n+]2ccc(/C=C/c3ccc(N(c4ccccc4)c4ccccc4)cc3)c(C)c2)ccc1/C=C/c1ccc(N(c2ccccc2)c2ccccc2)cc1. The van der Waals surface area contributed by atoms with Crippen molar-refractivity contribution in [3.63, 3.8) is 0 Å². The van der Waals surface area contributed by atoms with Crippen LogP contribution in [0.25, 0.3) is 24.3 Å². The molecule has 4 nitrogen and oxygen atoms in total. The average Bonchev–Trinajstić information content (AvgIpc) is 3.36. The summed E-state index contributed by atoms with van der Waals surface area (Å²) in [6.45, 7) is 6.59. The first kappa shape index (κ1) is 45.3. The van der Waals surface area contributed by atoms with Crippen molar-refractivity contribution in [1.29, 1.82) is 0 Å². The van der Waals surface area contributed by atoms with Crippen molar-refractivity contribution in [1.82, 2.24) is 0 Å². The van der Waals surface area contributed by atoms with Crippen LogP contribution in [-0.2, 0) is 13.1 Å². The standard InChI is InChI=1S/C62H64N4/c1-51-49-63(47-43-55(51)37-31-53-33-39-61(40-34-53)65(57-23-13-9-14-24-57)58-25-15-10-16-26-58)45-21-7-5-3-4-6-8-22-46-64-48-44-56(52(2)50-64)38-32-54-35-41-62(42-36-54)66(59-27-17-11-18-28-59)60-29-19-12-20-30-60/h9-20,23-44,47-50H,3-8,21-22,45-46H2,1-2H3/q+2. The molecule has 0 saturated carbocycles. The molecule has 4 heteroatoms. The van der Waals surface area contributed by atoms with E-state index in [9.17, 15) is 0 Å². The van der Waals surface area contributed by atoms with Gasteiger partial charge in [0, 0.05) is 70.2 Å². The number of hydrogen-bond donors (Lipinski definition) is 0. The molecule has 0 spiro atoms. The predicted octanol–water partition coefficient (Wildman–Crippen LogP) is 16.0. The molecule has 0 saturated heterocycles. The van der Waals surface area contributed by atoms with Gasteiger partial charge in [-0.25, -0.2) is 9.13 Å². The van der Waals surface area contributed by atoms with Crippen LogP contribution < -0.4 is 18.9 Å². The molecule has 0 atom stereocenters. The molecule has 0 N–H and O–H groups in total. The Morgan fingerprint density at radius 3 is 0.909 bits per heavy atom. The summed E-state index contributed by atoms with van der Waals surface area (Å²) in [5.41, 5.74) is 14.4. The molecule has 2 aromatic heterocycles. The van der Waals surface area contributed by atoms with Crippen LogP contribution in [0.15, 0.2) is 207 Å². The first-order valence-corrected chi connectivity index (χ1v) is 23.9. The number of aromatic nitrogens is 2. The molecular weight excluding hydrogens is 801 g/mol. The molecule has 0 aliphatic heterocycles. The highest BCUT2D eigenvalue weighted by molar-refractivity contribution is 5.80. The van der Waals surface area contributed by atoms with E-state index in [1.54, 1.807) is 0 Å². The van der Waals surface area contributed by atoms with Crippen LogP contribution in [0.5, 0.6) is 0 Å². The van der Waals surface area contributed by atoms with Gasteiger partial charge in [-0.2, -0.15) is 0 Å². The maximum atomic E-state index is 2.36. The molecule has 0 amide bonds. The maximum Gasteiger partial charge on any atom is 0.172 e. The molecular formula is C62H64N4+2. The zero-order valence-corrected chi connectivity index (χ0v) is 38.8. The van der Waals surface area contributed by atoms with Crippen LogP contribution in [0.2, 0.25) is 0 Å². The number of para-hydroxylation sites is 4. The van der Waals surface area contributed by atoms with Crippen molar-refractivity contribution in [2.24, 2.45) is 0 Å². The minimum absolute atomic E-state index is 1.08. The molecule has 0 aliphatic carbocycles. The van der Waals surface area contributed by atoms with Crippen molar-refractivity contribution < 1.29 is 9.13 Å². The molecule has 2 heterocycles. The summed E-state index contributed by atoms with van der Waals surface area (Å²) in [6, 6.07) is 64.4. The molecule has 8 aromatic rings. The van der Waals surface area contributed by atoms with Gasteiger partial charge < -0.3 is 9.80 Å². The molecule has 0 radical (unpaired) electrons. The van der Waals surface area contributed by atoms with Crippen LogP contribution in [0, 0.1) is 13.8 Å². The summed E-state index contributed by atoms with van der Waals surface area (Å²) in [7, 11) is 0. The van der Waals surface area contributed by atoms with Gasteiger partial charge in [-0.15, -0.1) is 0 Å². The Morgan fingerprint density at radius 2 is 0.606 bits per heavy atom. The van der Waals surface area contributed by atoms with E-state index in [1.807, 2.05) is 0 Å². The Bertz CT molecular complexity index is 2470. The van der Waals surface area contributed by atoms with Gasteiger partial charge in [0.2, 0.25) is 0 Å². The van der Waals surface area contributed by atoms with Crippen molar-refractivity contribution in [3.8, 4) is 0 Å². The highest BCUT2D eigenvalue weighted by atomic mass is 15.1. The van der Waals surface area contributed by atoms with Crippen LogP contribution in [0.1, 0.15) is 84.7 Å². The van der Waals surface area contributed by atoms with Gasteiger partial charge >= 0.3 is 0 Å². The first-order valence-electron chi connectivity index (χ1n) is 23.9. The van der Waals surface area contributed by atoms with E-state index in [1.165, 1.54) is 84.7 Å². The van der Waals surface area contributed by atoms with Gasteiger partial charge in [-0.3, -0.25) is 0 Å². The number of aryl methyl sites for hydroxylation is 4. The van der Waals surface area contributed by atoms with Crippen LogP contribution in [0.4, 0.5) is 34.1 Å². The summed E-state index contributed by atoms with van der Waals surface area (Å²) in [5, 5.41) is 0. The van der Waals surface area contributed by atoms with Crippen molar-refractivity contribution in [2.75, 3.05) is 9.80 Å². The number of nitrogens with zero attached hydrogens (tertiary/aromatic N) is 4. The van der Waals surface area contributed by atoms with Crippen LogP contribution >= 0.6 is 0 Å². The molecule has 0 unspecified atom stereocenters. The molecule has 0 fully saturated rings. The van der Waals surface area contributed by atoms with Gasteiger partial charge in [0.1, 0.15) is 13.1 Å². The molecule has 0 bridgehead atoms. The van der Waals surface area contributed by atoms with Gasteiger partial charge in [0.15, 0.2) is 24.8 Å². The lowest BCUT2D eigenvalue weighted by atomic mass is 10.1. The average molecular weight is 865 g/mol. The minimum atomic E-state index is 1.08. The first-order chi connectivity index (χ1) is 32.6. The summed E-state index contributed by atoms with van der Waals surface area (Å²) < 4.78 is 4.72. The molecule has 6 aromatic carbocycles. The van der Waals surface area contributed by atoms with Crippen molar-refractivity contribution in [3.05, 3.63) is 240 Å². The monoisotopic (exact) mass is 865 g/mol. The number of hydrogen-bond acceptors (Lipinski definition) is 2. The zero-order chi connectivity index (χ0) is 45.2. The second-order valence-electron chi connectivity index (χ2n) is 17.3. The third-order valence-corrected chi connectivity index (χ3v) is 12.4. The third-order valence-electron chi connectivity index (χ3n) is 12.4. The Balaban J connectivity index is 0.712. The zero-order valence-electron chi connectivity index (χ0n) is 38.8. The van der Waals surface area contributed by atoms with E-state index in [0.717, 1.165) is 47.2 Å². The van der Waals surface area contributed by atoms with Gasteiger partial charge in [-0.05, 0) is 122 Å².